The Hall–Kier alpha value is 0.230. The van der Waals surface area contributed by atoms with Gasteiger partial charge < -0.3 is 10.1 Å². The molecule has 0 aromatic carbocycles. The summed E-state index contributed by atoms with van der Waals surface area (Å²) in [6.45, 7) is 14.0. The van der Waals surface area contributed by atoms with Crippen molar-refractivity contribution in [2.45, 2.75) is 31.3 Å². The Kier molecular flexibility index (Phi) is 7.45. The Morgan fingerprint density at radius 1 is 1.25 bits per heavy atom. The van der Waals surface area contributed by atoms with E-state index in [0.29, 0.717) is 0 Å². The molecule has 96 valence electrons. The fourth-order valence-corrected chi connectivity index (χ4v) is 3.50. The quantitative estimate of drug-likeness (QED) is 0.687. The highest BCUT2D eigenvalue weighted by Gasteiger charge is 2.21. The highest BCUT2D eigenvalue weighted by Crippen LogP contribution is 2.24. The maximum absolute atomic E-state index is 5.28. The van der Waals surface area contributed by atoms with Crippen LogP contribution in [0, 0.1) is 0 Å². The molecular formula is C12H26N2OS. The van der Waals surface area contributed by atoms with Crippen LogP contribution in [0.5, 0.6) is 0 Å². The molecule has 0 aromatic heterocycles. The first-order chi connectivity index (χ1) is 7.72. The molecule has 1 saturated heterocycles. The second-order valence-electron chi connectivity index (χ2n) is 4.46. The van der Waals surface area contributed by atoms with Crippen LogP contribution >= 0.6 is 11.8 Å². The predicted molar refractivity (Wildman–Crippen MR) is 72.3 cm³/mol. The number of nitrogens with zero attached hydrogens (tertiary/aromatic N) is 1. The number of rotatable bonds is 7. The van der Waals surface area contributed by atoms with Crippen molar-refractivity contribution in [2.24, 2.45) is 0 Å². The average molecular weight is 246 g/mol. The lowest BCUT2D eigenvalue weighted by Crippen LogP contribution is -2.43. The van der Waals surface area contributed by atoms with Gasteiger partial charge in [0.1, 0.15) is 0 Å². The Labute approximate surface area is 104 Å². The van der Waals surface area contributed by atoms with Gasteiger partial charge >= 0.3 is 0 Å². The van der Waals surface area contributed by atoms with Crippen LogP contribution in [0.25, 0.3) is 0 Å². The molecule has 4 heteroatoms. The van der Waals surface area contributed by atoms with E-state index in [1.54, 1.807) is 0 Å². The van der Waals surface area contributed by atoms with Gasteiger partial charge in [-0.25, -0.2) is 0 Å². The van der Waals surface area contributed by atoms with E-state index in [2.05, 4.69) is 35.8 Å². The number of thioether (sulfide) groups is 1. The third-order valence-corrected chi connectivity index (χ3v) is 3.95. The van der Waals surface area contributed by atoms with Gasteiger partial charge in [-0.05, 0) is 6.92 Å². The standard InChI is InChI=1S/C12H26N2OS/c1-4-15-8-6-13-5-7-14-9-11(2)16-12(3)10-14/h11-13H,4-10H2,1-3H3. The summed E-state index contributed by atoms with van der Waals surface area (Å²) in [6.07, 6.45) is 0. The van der Waals surface area contributed by atoms with Crippen molar-refractivity contribution in [3.05, 3.63) is 0 Å². The van der Waals surface area contributed by atoms with Crippen LogP contribution in [0.3, 0.4) is 0 Å². The predicted octanol–water partition coefficient (Wildman–Crippen LogP) is 1.44. The number of hydrogen-bond donors (Lipinski definition) is 1. The van der Waals surface area contributed by atoms with Gasteiger partial charge in [0, 0.05) is 49.8 Å². The summed E-state index contributed by atoms with van der Waals surface area (Å²) in [4.78, 5) is 2.57. The van der Waals surface area contributed by atoms with Crippen LogP contribution in [-0.4, -0.2) is 61.3 Å². The zero-order valence-electron chi connectivity index (χ0n) is 10.9. The van der Waals surface area contributed by atoms with Crippen LogP contribution in [0.15, 0.2) is 0 Å². The molecule has 0 radical (unpaired) electrons. The SMILES string of the molecule is CCOCCNCCN1CC(C)SC(C)C1. The molecular weight excluding hydrogens is 220 g/mol. The molecule has 2 unspecified atom stereocenters. The Morgan fingerprint density at radius 2 is 1.94 bits per heavy atom. The molecule has 0 amide bonds. The van der Waals surface area contributed by atoms with Gasteiger partial charge in [0.2, 0.25) is 0 Å². The molecule has 0 aromatic rings. The topological polar surface area (TPSA) is 24.5 Å². The summed E-state index contributed by atoms with van der Waals surface area (Å²) >= 11 is 2.11. The Balaban J connectivity index is 1.99. The van der Waals surface area contributed by atoms with E-state index in [9.17, 15) is 0 Å². The molecule has 1 N–H and O–H groups in total. The van der Waals surface area contributed by atoms with Crippen molar-refractivity contribution < 1.29 is 4.74 Å². The maximum Gasteiger partial charge on any atom is 0.0590 e. The molecule has 0 bridgehead atoms. The first kappa shape index (κ1) is 14.3. The average Bonchev–Trinajstić information content (AvgIpc) is 2.22. The molecule has 0 saturated carbocycles. The lowest BCUT2D eigenvalue weighted by molar-refractivity contribution is 0.148. The minimum Gasteiger partial charge on any atom is -0.380 e. The van der Waals surface area contributed by atoms with Crippen molar-refractivity contribution in [2.75, 3.05) is 45.9 Å². The number of nitrogens with one attached hydrogen (secondary N) is 1. The second-order valence-corrected chi connectivity index (χ2v) is 6.35. The molecule has 2 atom stereocenters. The largest absolute Gasteiger partial charge is 0.380 e. The van der Waals surface area contributed by atoms with Gasteiger partial charge in [0.25, 0.3) is 0 Å². The minimum absolute atomic E-state index is 0.784. The number of ether oxygens (including phenoxy) is 1. The summed E-state index contributed by atoms with van der Waals surface area (Å²) in [7, 11) is 0. The first-order valence-electron chi connectivity index (χ1n) is 6.38. The summed E-state index contributed by atoms with van der Waals surface area (Å²) in [5.74, 6) is 0. The van der Waals surface area contributed by atoms with Crippen molar-refractivity contribution in [3.63, 3.8) is 0 Å². The van der Waals surface area contributed by atoms with Gasteiger partial charge in [-0.3, -0.25) is 4.90 Å². The maximum atomic E-state index is 5.28. The van der Waals surface area contributed by atoms with Gasteiger partial charge in [0.15, 0.2) is 0 Å². The van der Waals surface area contributed by atoms with Crippen molar-refractivity contribution in [1.82, 2.24) is 10.2 Å². The molecule has 1 aliphatic rings. The van der Waals surface area contributed by atoms with Crippen LogP contribution in [-0.2, 0) is 4.74 Å². The molecule has 1 heterocycles. The van der Waals surface area contributed by atoms with E-state index in [0.717, 1.165) is 36.8 Å². The third-order valence-electron chi connectivity index (χ3n) is 2.73. The van der Waals surface area contributed by atoms with E-state index in [1.807, 2.05) is 6.92 Å². The molecule has 16 heavy (non-hydrogen) atoms. The zero-order valence-corrected chi connectivity index (χ0v) is 11.7. The smallest absolute Gasteiger partial charge is 0.0590 e. The first-order valence-corrected chi connectivity index (χ1v) is 7.33. The monoisotopic (exact) mass is 246 g/mol. The van der Waals surface area contributed by atoms with Gasteiger partial charge in [-0.2, -0.15) is 11.8 Å². The van der Waals surface area contributed by atoms with Gasteiger partial charge in [0.05, 0.1) is 6.61 Å². The third kappa shape index (κ3) is 6.09. The van der Waals surface area contributed by atoms with Crippen LogP contribution in [0.2, 0.25) is 0 Å². The summed E-state index contributed by atoms with van der Waals surface area (Å²) in [6, 6.07) is 0. The molecule has 3 nitrogen and oxygen atoms in total. The summed E-state index contributed by atoms with van der Waals surface area (Å²) < 4.78 is 5.28. The fraction of sp³-hybridized carbons (Fsp3) is 1.00. The second kappa shape index (κ2) is 8.34. The van der Waals surface area contributed by atoms with Crippen molar-refractivity contribution >= 4 is 11.8 Å². The summed E-state index contributed by atoms with van der Waals surface area (Å²) in [5.41, 5.74) is 0. The molecule has 0 aliphatic carbocycles. The molecule has 0 spiro atoms. The lowest BCUT2D eigenvalue weighted by Gasteiger charge is -2.34. The van der Waals surface area contributed by atoms with Crippen LogP contribution in [0.4, 0.5) is 0 Å². The number of hydrogen-bond acceptors (Lipinski definition) is 4. The zero-order chi connectivity index (χ0) is 11.8. The summed E-state index contributed by atoms with van der Waals surface area (Å²) in [5, 5.41) is 4.99. The normalized spacial score (nSPS) is 27.2. The van der Waals surface area contributed by atoms with E-state index < -0.39 is 0 Å². The van der Waals surface area contributed by atoms with Crippen molar-refractivity contribution in [3.8, 4) is 0 Å². The highest BCUT2D eigenvalue weighted by molar-refractivity contribution is 8.00. The van der Waals surface area contributed by atoms with E-state index in [4.69, 9.17) is 4.74 Å². The Bertz CT molecular complexity index is 170. The fourth-order valence-electron chi connectivity index (χ4n) is 2.12. The lowest BCUT2D eigenvalue weighted by atomic mass is 10.3. The molecule has 1 fully saturated rings. The molecule has 1 aliphatic heterocycles. The highest BCUT2D eigenvalue weighted by atomic mass is 32.2. The Morgan fingerprint density at radius 3 is 2.56 bits per heavy atom. The van der Waals surface area contributed by atoms with E-state index in [1.165, 1.54) is 19.6 Å². The van der Waals surface area contributed by atoms with Gasteiger partial charge in [-0.15, -0.1) is 0 Å². The van der Waals surface area contributed by atoms with Gasteiger partial charge in [-0.1, -0.05) is 13.8 Å². The van der Waals surface area contributed by atoms with Crippen LogP contribution in [0.1, 0.15) is 20.8 Å². The van der Waals surface area contributed by atoms with Crippen LogP contribution < -0.4 is 5.32 Å². The van der Waals surface area contributed by atoms with E-state index >= 15 is 0 Å². The van der Waals surface area contributed by atoms with E-state index in [-0.39, 0.29) is 0 Å². The molecule has 1 rings (SSSR count). The minimum atomic E-state index is 0.784. The van der Waals surface area contributed by atoms with Crippen molar-refractivity contribution in [1.29, 1.82) is 0 Å².